The molecule has 8 heteroatoms. The molecule has 0 N–H and O–H groups in total. The standard InChI is InChI=1S/C24H27ClN4O3/c1-17(2)32-16-15-29-23(30)21(18-6-8-19(25)9-7-18)22(24(29)31)28-13-11-27(12-14-28)20-5-3-4-10-26-20/h3-10,17H,11-16H2,1-2H3. The van der Waals surface area contributed by atoms with Crippen LogP contribution in [0, 0.1) is 0 Å². The van der Waals surface area contributed by atoms with Gasteiger partial charge in [0.2, 0.25) is 0 Å². The molecule has 2 aromatic rings. The number of anilines is 1. The second-order valence-corrected chi connectivity index (χ2v) is 8.51. The summed E-state index contributed by atoms with van der Waals surface area (Å²) in [6, 6.07) is 12.9. The van der Waals surface area contributed by atoms with Crippen LogP contribution in [0.15, 0.2) is 54.4 Å². The summed E-state index contributed by atoms with van der Waals surface area (Å²) in [4.78, 5) is 36.6. The zero-order valence-electron chi connectivity index (χ0n) is 18.3. The first kappa shape index (κ1) is 22.3. The lowest BCUT2D eigenvalue weighted by Gasteiger charge is -2.37. The highest BCUT2D eigenvalue weighted by Gasteiger charge is 2.42. The number of pyridine rings is 1. The van der Waals surface area contributed by atoms with Crippen molar-refractivity contribution in [2.45, 2.75) is 20.0 Å². The van der Waals surface area contributed by atoms with E-state index in [0.717, 1.165) is 5.82 Å². The minimum absolute atomic E-state index is 0.0330. The van der Waals surface area contributed by atoms with Gasteiger partial charge in [0.1, 0.15) is 11.5 Å². The summed E-state index contributed by atoms with van der Waals surface area (Å²) in [6.07, 6.45) is 1.81. The third-order valence-corrected chi connectivity index (χ3v) is 5.86. The van der Waals surface area contributed by atoms with E-state index in [2.05, 4.69) is 9.88 Å². The molecule has 4 rings (SSSR count). The first-order chi connectivity index (χ1) is 15.5. The Balaban J connectivity index is 1.59. The van der Waals surface area contributed by atoms with Gasteiger partial charge in [0.05, 0.1) is 24.8 Å². The van der Waals surface area contributed by atoms with Gasteiger partial charge in [-0.25, -0.2) is 4.98 Å². The maximum Gasteiger partial charge on any atom is 0.277 e. The molecule has 0 unspecified atom stereocenters. The number of aromatic nitrogens is 1. The van der Waals surface area contributed by atoms with Crippen molar-refractivity contribution in [3.05, 3.63) is 64.9 Å². The van der Waals surface area contributed by atoms with Crippen LogP contribution in [0.2, 0.25) is 5.02 Å². The lowest BCUT2D eigenvalue weighted by molar-refractivity contribution is -0.138. The molecule has 2 aliphatic rings. The molecule has 0 atom stereocenters. The van der Waals surface area contributed by atoms with Gasteiger partial charge in [0.25, 0.3) is 11.8 Å². The molecule has 0 bridgehead atoms. The van der Waals surface area contributed by atoms with Crippen LogP contribution in [0.25, 0.3) is 5.57 Å². The van der Waals surface area contributed by atoms with Crippen molar-refractivity contribution in [1.29, 1.82) is 0 Å². The molecule has 2 aliphatic heterocycles. The Labute approximate surface area is 193 Å². The van der Waals surface area contributed by atoms with Crippen molar-refractivity contribution in [3.8, 4) is 0 Å². The second kappa shape index (κ2) is 9.71. The van der Waals surface area contributed by atoms with E-state index < -0.39 is 0 Å². The van der Waals surface area contributed by atoms with Crippen LogP contribution >= 0.6 is 11.6 Å². The summed E-state index contributed by atoms with van der Waals surface area (Å²) in [7, 11) is 0. The molecule has 0 aliphatic carbocycles. The maximum absolute atomic E-state index is 13.4. The number of carbonyl (C=O) groups excluding carboxylic acids is 2. The van der Waals surface area contributed by atoms with Crippen LogP contribution in [-0.2, 0) is 14.3 Å². The van der Waals surface area contributed by atoms with Crippen LogP contribution in [0.3, 0.4) is 0 Å². The van der Waals surface area contributed by atoms with E-state index in [-0.39, 0.29) is 24.5 Å². The molecule has 32 heavy (non-hydrogen) atoms. The smallest absolute Gasteiger partial charge is 0.277 e. The van der Waals surface area contributed by atoms with Crippen molar-refractivity contribution in [2.24, 2.45) is 0 Å². The molecule has 168 valence electrons. The Bertz CT molecular complexity index is 1000. The number of hydrogen-bond acceptors (Lipinski definition) is 6. The number of rotatable bonds is 7. The molecule has 1 aromatic carbocycles. The molecule has 7 nitrogen and oxygen atoms in total. The molecule has 1 saturated heterocycles. The largest absolute Gasteiger partial charge is 0.377 e. The number of nitrogens with zero attached hydrogens (tertiary/aromatic N) is 4. The number of halogens is 1. The molecule has 0 spiro atoms. The first-order valence-electron chi connectivity index (χ1n) is 10.8. The third-order valence-electron chi connectivity index (χ3n) is 5.61. The second-order valence-electron chi connectivity index (χ2n) is 8.07. The molecular weight excluding hydrogens is 428 g/mol. The predicted octanol–water partition coefficient (Wildman–Crippen LogP) is 3.06. The van der Waals surface area contributed by atoms with Crippen molar-refractivity contribution < 1.29 is 14.3 Å². The van der Waals surface area contributed by atoms with Gasteiger partial charge in [0, 0.05) is 37.4 Å². The molecule has 3 heterocycles. The average Bonchev–Trinajstić information content (AvgIpc) is 3.05. The topological polar surface area (TPSA) is 66.0 Å². The lowest BCUT2D eigenvalue weighted by Crippen LogP contribution is -2.48. The Morgan fingerprint density at radius 1 is 0.969 bits per heavy atom. The Morgan fingerprint density at radius 2 is 1.66 bits per heavy atom. The van der Waals surface area contributed by atoms with Gasteiger partial charge in [0.15, 0.2) is 0 Å². The molecule has 1 aromatic heterocycles. The Morgan fingerprint density at radius 3 is 2.28 bits per heavy atom. The van der Waals surface area contributed by atoms with E-state index in [0.29, 0.717) is 54.6 Å². The fourth-order valence-corrected chi connectivity index (χ4v) is 4.14. The molecule has 1 fully saturated rings. The van der Waals surface area contributed by atoms with E-state index in [1.807, 2.05) is 36.9 Å². The zero-order chi connectivity index (χ0) is 22.7. The van der Waals surface area contributed by atoms with Crippen LogP contribution in [-0.4, -0.2) is 72.0 Å². The summed E-state index contributed by atoms with van der Waals surface area (Å²) < 4.78 is 5.59. The number of carbonyl (C=O) groups is 2. The summed E-state index contributed by atoms with van der Waals surface area (Å²) in [5.41, 5.74) is 1.59. The fourth-order valence-electron chi connectivity index (χ4n) is 4.02. The van der Waals surface area contributed by atoms with E-state index in [1.165, 1.54) is 4.90 Å². The van der Waals surface area contributed by atoms with Gasteiger partial charge in [-0.3, -0.25) is 14.5 Å². The van der Waals surface area contributed by atoms with Gasteiger partial charge in [-0.05, 0) is 43.7 Å². The van der Waals surface area contributed by atoms with Gasteiger partial charge < -0.3 is 14.5 Å². The average molecular weight is 455 g/mol. The zero-order valence-corrected chi connectivity index (χ0v) is 19.1. The minimum atomic E-state index is -0.285. The number of benzene rings is 1. The van der Waals surface area contributed by atoms with Gasteiger partial charge in [-0.15, -0.1) is 0 Å². The van der Waals surface area contributed by atoms with E-state index in [4.69, 9.17) is 16.3 Å². The van der Waals surface area contributed by atoms with Crippen molar-refractivity contribution in [3.63, 3.8) is 0 Å². The van der Waals surface area contributed by atoms with Crippen molar-refractivity contribution in [1.82, 2.24) is 14.8 Å². The molecule has 2 amide bonds. The number of piperazine rings is 1. The number of imide groups is 1. The fraction of sp³-hybridized carbons (Fsp3) is 0.375. The van der Waals surface area contributed by atoms with Gasteiger partial charge in [-0.1, -0.05) is 29.8 Å². The quantitative estimate of drug-likeness (QED) is 0.599. The van der Waals surface area contributed by atoms with E-state index >= 15 is 0 Å². The molecule has 0 saturated carbocycles. The first-order valence-corrected chi connectivity index (χ1v) is 11.2. The van der Waals surface area contributed by atoms with Crippen LogP contribution < -0.4 is 4.90 Å². The third kappa shape index (κ3) is 4.64. The normalized spacial score (nSPS) is 17.2. The molecule has 0 radical (unpaired) electrons. The van der Waals surface area contributed by atoms with Crippen molar-refractivity contribution in [2.75, 3.05) is 44.2 Å². The van der Waals surface area contributed by atoms with Crippen LogP contribution in [0.1, 0.15) is 19.4 Å². The van der Waals surface area contributed by atoms with Crippen LogP contribution in [0.4, 0.5) is 5.82 Å². The van der Waals surface area contributed by atoms with Crippen molar-refractivity contribution >= 4 is 34.8 Å². The monoisotopic (exact) mass is 454 g/mol. The SMILES string of the molecule is CC(C)OCCN1C(=O)C(c2ccc(Cl)cc2)=C(N2CCN(c3ccccn3)CC2)C1=O. The Kier molecular flexibility index (Phi) is 6.77. The summed E-state index contributed by atoms with van der Waals surface area (Å²) in [5.74, 6) is 0.366. The summed E-state index contributed by atoms with van der Waals surface area (Å²) >= 11 is 6.05. The predicted molar refractivity (Wildman–Crippen MR) is 124 cm³/mol. The molecular formula is C24H27ClN4O3. The number of hydrogen-bond donors (Lipinski definition) is 0. The van der Waals surface area contributed by atoms with Gasteiger partial charge in [-0.2, -0.15) is 0 Å². The summed E-state index contributed by atoms with van der Waals surface area (Å²) in [6.45, 7) is 7.07. The number of ether oxygens (including phenoxy) is 1. The highest BCUT2D eigenvalue weighted by Crippen LogP contribution is 2.33. The minimum Gasteiger partial charge on any atom is -0.377 e. The number of amides is 2. The lowest BCUT2D eigenvalue weighted by atomic mass is 10.0. The highest BCUT2D eigenvalue weighted by atomic mass is 35.5. The Hall–Kier alpha value is -2.90. The van der Waals surface area contributed by atoms with E-state index in [9.17, 15) is 9.59 Å². The van der Waals surface area contributed by atoms with Gasteiger partial charge >= 0.3 is 0 Å². The highest BCUT2D eigenvalue weighted by molar-refractivity contribution is 6.36. The van der Waals surface area contributed by atoms with Crippen LogP contribution in [0.5, 0.6) is 0 Å². The van der Waals surface area contributed by atoms with E-state index in [1.54, 1.807) is 30.5 Å². The summed E-state index contributed by atoms with van der Waals surface area (Å²) in [5, 5.41) is 0.582. The maximum atomic E-state index is 13.4.